The van der Waals surface area contributed by atoms with Crippen molar-refractivity contribution in [2.24, 2.45) is 5.41 Å². The molecule has 0 saturated carbocycles. The van der Waals surface area contributed by atoms with Gasteiger partial charge in [0, 0.05) is 6.54 Å². The zero-order chi connectivity index (χ0) is 6.93. The predicted octanol–water partition coefficient (Wildman–Crippen LogP) is -1.13. The number of aliphatic hydroxyl groups excluding tert-OH is 1. The monoisotopic (exact) mass is 138 g/mol. The molecule has 0 aromatic heterocycles. The zero-order valence-electron chi connectivity index (χ0n) is 5.19. The second-order valence-corrected chi connectivity index (χ2v) is 3.15. The van der Waals surface area contributed by atoms with Crippen LogP contribution in [0.5, 0.6) is 0 Å². The predicted molar refractivity (Wildman–Crippen MR) is 29.4 cm³/mol. The molecule has 0 aromatic carbocycles. The molecule has 0 aliphatic carbocycles. The summed E-state index contributed by atoms with van der Waals surface area (Å²) >= 11 is 0. The molecule has 0 aromatic rings. The van der Waals surface area contributed by atoms with E-state index in [0.717, 1.165) is 0 Å². The Kier molecular flexibility index (Phi) is 0.556. The number of hydrogen-bond donors (Lipinski definition) is 1. The van der Waals surface area contributed by atoms with Gasteiger partial charge < -0.3 is 9.84 Å². The van der Waals surface area contributed by atoms with E-state index >= 15 is 0 Å². The fourth-order valence-corrected chi connectivity index (χ4v) is 2.06. The van der Waals surface area contributed by atoms with Crippen molar-refractivity contribution in [2.45, 2.75) is 18.6 Å². The smallest absolute Gasteiger partial charge is 0.178 e. The fraction of sp³-hybridized carbons (Fsp3) is 0.833. The van der Waals surface area contributed by atoms with E-state index in [1.165, 1.54) is 0 Å². The van der Waals surface area contributed by atoms with Crippen LogP contribution in [-0.2, 0) is 4.74 Å². The third kappa shape index (κ3) is 0.269. The summed E-state index contributed by atoms with van der Waals surface area (Å²) in [7, 11) is 0. The minimum Gasteiger partial charge on any atom is -0.366 e. The lowest BCUT2D eigenvalue weighted by Crippen LogP contribution is -2.53. The molecule has 3 rings (SSSR count). The van der Waals surface area contributed by atoms with Gasteiger partial charge in [0.05, 0.1) is 12.1 Å². The second kappa shape index (κ2) is 1.10. The minimum absolute atomic E-state index is 0.0645. The van der Waals surface area contributed by atoms with Crippen LogP contribution in [0.3, 0.4) is 0 Å². The van der Waals surface area contributed by atoms with Gasteiger partial charge in [-0.2, -0.15) is 5.26 Å². The molecule has 5 unspecified atom stereocenters. The van der Waals surface area contributed by atoms with Crippen molar-refractivity contribution in [3.63, 3.8) is 0 Å². The first-order valence-corrected chi connectivity index (χ1v) is 3.30. The van der Waals surface area contributed by atoms with Gasteiger partial charge in [0.15, 0.2) is 6.29 Å². The van der Waals surface area contributed by atoms with Crippen LogP contribution in [0.4, 0.5) is 0 Å². The molecule has 3 fully saturated rings. The lowest BCUT2D eigenvalue weighted by atomic mass is 9.81. The summed E-state index contributed by atoms with van der Waals surface area (Å²) in [5.74, 6) is 0. The van der Waals surface area contributed by atoms with Crippen molar-refractivity contribution in [1.29, 1.82) is 5.26 Å². The topological polar surface area (TPSA) is 56.3 Å². The number of hydrogen-bond acceptors (Lipinski definition) is 4. The van der Waals surface area contributed by atoms with Crippen molar-refractivity contribution in [2.75, 3.05) is 6.54 Å². The Labute approximate surface area is 57.6 Å². The lowest BCUT2D eigenvalue weighted by Gasteiger charge is -2.37. The van der Waals surface area contributed by atoms with Crippen molar-refractivity contribution in [3.8, 4) is 6.07 Å². The molecule has 3 aliphatic rings. The summed E-state index contributed by atoms with van der Waals surface area (Å²) in [4.78, 5) is 2.07. The van der Waals surface area contributed by atoms with Crippen LogP contribution in [0.25, 0.3) is 0 Å². The van der Waals surface area contributed by atoms with Crippen molar-refractivity contribution in [3.05, 3.63) is 0 Å². The first-order chi connectivity index (χ1) is 4.79. The highest BCUT2D eigenvalue weighted by atomic mass is 16.6. The SMILES string of the molecule is N#CC12CN3C(OC1O)C32. The van der Waals surface area contributed by atoms with Crippen LogP contribution in [0.1, 0.15) is 0 Å². The van der Waals surface area contributed by atoms with Gasteiger partial charge in [0.2, 0.25) is 0 Å². The molecular weight excluding hydrogens is 132 g/mol. The van der Waals surface area contributed by atoms with E-state index in [-0.39, 0.29) is 12.3 Å². The molecule has 52 valence electrons. The summed E-state index contributed by atoms with van der Waals surface area (Å²) in [6.45, 7) is 0.694. The maximum absolute atomic E-state index is 9.22. The molecule has 0 bridgehead atoms. The Morgan fingerprint density at radius 1 is 1.80 bits per heavy atom. The summed E-state index contributed by atoms with van der Waals surface area (Å²) in [6.07, 6.45) is -0.771. The number of nitrogens with zero attached hydrogens (tertiary/aromatic N) is 2. The van der Waals surface area contributed by atoms with E-state index in [9.17, 15) is 5.11 Å². The van der Waals surface area contributed by atoms with Gasteiger partial charge in [0.1, 0.15) is 11.6 Å². The molecule has 10 heavy (non-hydrogen) atoms. The van der Waals surface area contributed by atoms with Gasteiger partial charge in [-0.05, 0) is 0 Å². The maximum Gasteiger partial charge on any atom is 0.178 e. The Balaban J connectivity index is 2.06. The highest BCUT2D eigenvalue weighted by molar-refractivity contribution is 5.32. The summed E-state index contributed by atoms with van der Waals surface area (Å²) < 4.78 is 5.05. The van der Waals surface area contributed by atoms with Gasteiger partial charge in [-0.1, -0.05) is 0 Å². The van der Waals surface area contributed by atoms with Crippen molar-refractivity contribution in [1.82, 2.24) is 4.90 Å². The van der Waals surface area contributed by atoms with Crippen LogP contribution >= 0.6 is 0 Å². The first-order valence-electron chi connectivity index (χ1n) is 3.30. The summed E-state index contributed by atoms with van der Waals surface area (Å²) in [6, 6.07) is 2.35. The van der Waals surface area contributed by atoms with E-state index in [2.05, 4.69) is 11.0 Å². The quantitative estimate of drug-likeness (QED) is 0.430. The summed E-state index contributed by atoms with van der Waals surface area (Å²) in [5, 5.41) is 17.9. The normalized spacial score (nSPS) is 68.0. The van der Waals surface area contributed by atoms with Crippen LogP contribution in [0, 0.1) is 16.7 Å². The molecule has 3 saturated heterocycles. The molecule has 0 radical (unpaired) electrons. The molecule has 4 nitrogen and oxygen atoms in total. The van der Waals surface area contributed by atoms with Gasteiger partial charge in [0.25, 0.3) is 0 Å². The molecule has 0 amide bonds. The van der Waals surface area contributed by atoms with Crippen LogP contribution in [0.15, 0.2) is 0 Å². The fourth-order valence-electron chi connectivity index (χ4n) is 2.06. The van der Waals surface area contributed by atoms with Crippen LogP contribution < -0.4 is 0 Å². The Morgan fingerprint density at radius 2 is 2.60 bits per heavy atom. The van der Waals surface area contributed by atoms with E-state index in [1.54, 1.807) is 0 Å². The molecule has 3 heterocycles. The van der Waals surface area contributed by atoms with E-state index < -0.39 is 11.7 Å². The number of fused-ring (bicyclic) bond motifs is 1. The third-order valence-electron chi connectivity index (χ3n) is 2.75. The molecule has 0 spiro atoms. The highest BCUT2D eigenvalue weighted by Crippen LogP contribution is 2.61. The Bertz CT molecular complexity index is 245. The standard InChI is InChI=1S/C6H6N2O2/c7-1-6-2-8-3(6)4(8)10-5(6)9/h3-5,9H,2H2. The Morgan fingerprint density at radius 3 is 2.90 bits per heavy atom. The highest BCUT2D eigenvalue weighted by Gasteiger charge is 2.80. The van der Waals surface area contributed by atoms with E-state index in [4.69, 9.17) is 10.00 Å². The van der Waals surface area contributed by atoms with Gasteiger partial charge in [-0.3, -0.25) is 4.90 Å². The molecule has 1 N–H and O–H groups in total. The zero-order valence-corrected chi connectivity index (χ0v) is 5.19. The Hall–Kier alpha value is -0.630. The van der Waals surface area contributed by atoms with Crippen LogP contribution in [0.2, 0.25) is 0 Å². The van der Waals surface area contributed by atoms with Crippen molar-refractivity contribution >= 4 is 0 Å². The molecule has 5 atom stereocenters. The summed E-state index contributed by atoms with van der Waals surface area (Å²) in [5.41, 5.74) is -0.565. The van der Waals surface area contributed by atoms with Gasteiger partial charge in [-0.25, -0.2) is 0 Å². The number of rotatable bonds is 0. The number of nitriles is 1. The third-order valence-corrected chi connectivity index (χ3v) is 2.75. The van der Waals surface area contributed by atoms with E-state index in [0.29, 0.717) is 6.54 Å². The maximum atomic E-state index is 9.22. The largest absolute Gasteiger partial charge is 0.366 e. The second-order valence-electron chi connectivity index (χ2n) is 3.15. The van der Waals surface area contributed by atoms with Crippen molar-refractivity contribution < 1.29 is 9.84 Å². The van der Waals surface area contributed by atoms with Gasteiger partial charge in [-0.15, -0.1) is 0 Å². The minimum atomic E-state index is -0.836. The average Bonchev–Trinajstić information content (AvgIpc) is 2.31. The van der Waals surface area contributed by atoms with Crippen LogP contribution in [-0.4, -0.2) is 35.1 Å². The van der Waals surface area contributed by atoms with Gasteiger partial charge >= 0.3 is 0 Å². The molecule has 4 heteroatoms. The molecular formula is C6H6N2O2. The lowest BCUT2D eigenvalue weighted by molar-refractivity contribution is -0.190. The first kappa shape index (κ1) is 5.08. The van der Waals surface area contributed by atoms with E-state index in [1.807, 2.05) is 0 Å². The number of aliphatic hydroxyl groups is 1. The molecule has 3 aliphatic heterocycles. The number of ether oxygens (including phenoxy) is 1. The average molecular weight is 138 g/mol.